The van der Waals surface area contributed by atoms with Crippen molar-refractivity contribution in [3.8, 4) is 0 Å². The first kappa shape index (κ1) is 16.3. The van der Waals surface area contributed by atoms with E-state index in [0.29, 0.717) is 24.8 Å². The molecule has 1 N–H and O–H groups in total. The van der Waals surface area contributed by atoms with Crippen molar-refractivity contribution in [2.75, 3.05) is 6.54 Å². The van der Waals surface area contributed by atoms with Gasteiger partial charge in [-0.1, -0.05) is 30.3 Å². The van der Waals surface area contributed by atoms with Gasteiger partial charge in [0.25, 0.3) is 0 Å². The smallest absolute Gasteiger partial charge is 0.326 e. The minimum Gasteiger partial charge on any atom is -0.480 e. The third kappa shape index (κ3) is 2.27. The second-order valence-electron chi connectivity index (χ2n) is 9.38. The Morgan fingerprint density at radius 1 is 1.04 bits per heavy atom. The van der Waals surface area contributed by atoms with Crippen molar-refractivity contribution in [2.45, 2.75) is 62.8 Å². The molecular formula is C22H27NO3. The molecule has 0 spiro atoms. The van der Waals surface area contributed by atoms with Crippen LogP contribution >= 0.6 is 0 Å². The number of carbonyl (C=O) groups excluding carboxylic acids is 1. The molecule has 4 nitrogen and oxygen atoms in total. The molecule has 1 aliphatic heterocycles. The molecule has 4 saturated carbocycles. The van der Waals surface area contributed by atoms with E-state index in [0.717, 1.165) is 25.7 Å². The lowest BCUT2D eigenvalue weighted by Crippen LogP contribution is -2.60. The van der Waals surface area contributed by atoms with E-state index in [-0.39, 0.29) is 16.7 Å². The normalized spacial score (nSPS) is 40.8. The first-order valence-electron chi connectivity index (χ1n) is 10.1. The number of hydrogen-bond donors (Lipinski definition) is 1. The standard InChI is InChI=1S/C22H27NO3/c24-19(25)18-7-4-8-23(18)20(26)22-12-15-9-16(13-22)11-21(10-15,14-22)17-5-2-1-3-6-17/h1-3,5-6,15-16,18H,4,7-14H2,(H,24,25)/t15-,16+,18-,21?,22?/m0/s1. The third-order valence-corrected chi connectivity index (χ3v) is 7.70. The van der Waals surface area contributed by atoms with E-state index in [1.54, 1.807) is 4.90 Å². The van der Waals surface area contributed by atoms with Crippen molar-refractivity contribution in [2.24, 2.45) is 17.3 Å². The minimum atomic E-state index is -0.835. The van der Waals surface area contributed by atoms with Crippen LogP contribution in [0.1, 0.15) is 56.9 Å². The number of likely N-dealkylation sites (tertiary alicyclic amines) is 1. The summed E-state index contributed by atoms with van der Waals surface area (Å²) in [5.41, 5.74) is 1.19. The Balaban J connectivity index is 1.51. The summed E-state index contributed by atoms with van der Waals surface area (Å²) in [6.45, 7) is 0.616. The van der Waals surface area contributed by atoms with Crippen LogP contribution in [0.5, 0.6) is 0 Å². The molecule has 1 saturated heterocycles. The fraction of sp³-hybridized carbons (Fsp3) is 0.636. The predicted molar refractivity (Wildman–Crippen MR) is 97.6 cm³/mol. The molecular weight excluding hydrogens is 326 g/mol. The number of benzene rings is 1. The second kappa shape index (κ2) is 5.58. The van der Waals surface area contributed by atoms with Crippen molar-refractivity contribution < 1.29 is 14.7 Å². The van der Waals surface area contributed by atoms with Crippen LogP contribution in [0.2, 0.25) is 0 Å². The lowest BCUT2D eigenvalue weighted by atomic mass is 9.42. The van der Waals surface area contributed by atoms with Gasteiger partial charge in [0.05, 0.1) is 5.41 Å². The predicted octanol–water partition coefficient (Wildman–Crippen LogP) is 3.60. The maximum absolute atomic E-state index is 13.6. The average molecular weight is 353 g/mol. The van der Waals surface area contributed by atoms with Gasteiger partial charge in [-0.15, -0.1) is 0 Å². The molecule has 1 amide bonds. The average Bonchev–Trinajstić information content (AvgIpc) is 3.10. The molecule has 1 heterocycles. The van der Waals surface area contributed by atoms with Crippen LogP contribution in [0.4, 0.5) is 0 Å². The maximum Gasteiger partial charge on any atom is 0.326 e. The second-order valence-corrected chi connectivity index (χ2v) is 9.38. The quantitative estimate of drug-likeness (QED) is 0.903. The number of aliphatic carboxylic acids is 1. The topological polar surface area (TPSA) is 57.6 Å². The number of carbonyl (C=O) groups is 2. The van der Waals surface area contributed by atoms with Gasteiger partial charge in [-0.25, -0.2) is 4.79 Å². The molecule has 1 aromatic rings. The van der Waals surface area contributed by atoms with E-state index in [1.807, 2.05) is 0 Å². The van der Waals surface area contributed by atoms with Crippen molar-refractivity contribution in [3.05, 3.63) is 35.9 Å². The van der Waals surface area contributed by atoms with Crippen LogP contribution in [0.3, 0.4) is 0 Å². The summed E-state index contributed by atoms with van der Waals surface area (Å²) >= 11 is 0. The van der Waals surface area contributed by atoms with E-state index in [2.05, 4.69) is 30.3 Å². The Labute approximate surface area is 154 Å². The van der Waals surface area contributed by atoms with Crippen LogP contribution in [-0.2, 0) is 15.0 Å². The highest BCUT2D eigenvalue weighted by Crippen LogP contribution is 2.66. The fourth-order valence-electron chi connectivity index (χ4n) is 7.21. The molecule has 5 fully saturated rings. The Hall–Kier alpha value is -1.84. The molecule has 1 aromatic carbocycles. The summed E-state index contributed by atoms with van der Waals surface area (Å²) in [6.07, 6.45) is 7.93. The molecule has 0 aromatic heterocycles. The first-order valence-corrected chi connectivity index (χ1v) is 10.1. The van der Waals surface area contributed by atoms with E-state index < -0.39 is 12.0 Å². The van der Waals surface area contributed by atoms with Crippen molar-refractivity contribution >= 4 is 11.9 Å². The lowest BCUT2D eigenvalue weighted by molar-refractivity contribution is -0.165. The summed E-state index contributed by atoms with van der Waals surface area (Å²) in [5.74, 6) is 0.549. The Kier molecular flexibility index (Phi) is 3.51. The first-order chi connectivity index (χ1) is 12.5. The van der Waals surface area contributed by atoms with Crippen LogP contribution in [-0.4, -0.2) is 34.5 Å². The Bertz CT molecular complexity index is 729. The fourth-order valence-corrected chi connectivity index (χ4v) is 7.21. The molecule has 4 aliphatic carbocycles. The maximum atomic E-state index is 13.6. The van der Waals surface area contributed by atoms with Crippen molar-refractivity contribution in [1.29, 1.82) is 0 Å². The SMILES string of the molecule is O=C(O)[C@@H]1CCCN1C(=O)C12C[C@H]3C[C@@H](C1)CC(c1ccccc1)(C3)C2. The molecule has 4 heteroatoms. The monoisotopic (exact) mass is 353 g/mol. The van der Waals surface area contributed by atoms with Crippen molar-refractivity contribution in [1.82, 2.24) is 4.90 Å². The number of carboxylic acid groups (broad SMARTS) is 1. The molecule has 2 unspecified atom stereocenters. The van der Waals surface area contributed by atoms with E-state index >= 15 is 0 Å². The zero-order valence-electron chi connectivity index (χ0n) is 15.2. The van der Waals surface area contributed by atoms with Crippen LogP contribution < -0.4 is 0 Å². The van der Waals surface area contributed by atoms with Gasteiger partial charge in [-0.3, -0.25) is 4.79 Å². The molecule has 5 atom stereocenters. The van der Waals surface area contributed by atoms with Gasteiger partial charge in [0.2, 0.25) is 5.91 Å². The third-order valence-electron chi connectivity index (χ3n) is 7.70. The van der Waals surface area contributed by atoms with Gasteiger partial charge < -0.3 is 10.0 Å². The van der Waals surface area contributed by atoms with Gasteiger partial charge in [-0.2, -0.15) is 0 Å². The lowest BCUT2D eigenvalue weighted by Gasteiger charge is -2.62. The van der Waals surface area contributed by atoms with Gasteiger partial charge in [-0.05, 0) is 74.2 Å². The highest BCUT2D eigenvalue weighted by molar-refractivity contribution is 5.88. The summed E-state index contributed by atoms with van der Waals surface area (Å²) in [5, 5.41) is 9.55. The zero-order valence-corrected chi connectivity index (χ0v) is 15.2. The zero-order chi connectivity index (χ0) is 17.9. The minimum absolute atomic E-state index is 0.124. The number of hydrogen-bond acceptors (Lipinski definition) is 2. The number of rotatable bonds is 3. The highest BCUT2D eigenvalue weighted by atomic mass is 16.4. The van der Waals surface area contributed by atoms with Crippen LogP contribution in [0.15, 0.2) is 30.3 Å². The molecule has 5 aliphatic rings. The van der Waals surface area contributed by atoms with E-state index in [9.17, 15) is 14.7 Å². The number of amides is 1. The van der Waals surface area contributed by atoms with E-state index in [4.69, 9.17) is 0 Å². The molecule has 138 valence electrons. The summed E-state index contributed by atoms with van der Waals surface area (Å²) in [6, 6.07) is 10.2. The number of carboxylic acids is 1. The summed E-state index contributed by atoms with van der Waals surface area (Å²) in [7, 11) is 0. The summed E-state index contributed by atoms with van der Waals surface area (Å²) < 4.78 is 0. The molecule has 6 rings (SSSR count). The van der Waals surface area contributed by atoms with Gasteiger partial charge in [0, 0.05) is 6.54 Å². The summed E-state index contributed by atoms with van der Waals surface area (Å²) in [4.78, 5) is 27.0. The van der Waals surface area contributed by atoms with Crippen LogP contribution in [0, 0.1) is 17.3 Å². The van der Waals surface area contributed by atoms with Crippen LogP contribution in [0.25, 0.3) is 0 Å². The van der Waals surface area contributed by atoms with Crippen molar-refractivity contribution in [3.63, 3.8) is 0 Å². The Morgan fingerprint density at radius 2 is 1.73 bits per heavy atom. The largest absolute Gasteiger partial charge is 0.480 e. The number of nitrogens with zero attached hydrogens (tertiary/aromatic N) is 1. The highest BCUT2D eigenvalue weighted by Gasteiger charge is 2.62. The molecule has 0 radical (unpaired) electrons. The van der Waals surface area contributed by atoms with Gasteiger partial charge >= 0.3 is 5.97 Å². The molecule has 26 heavy (non-hydrogen) atoms. The molecule has 4 bridgehead atoms. The van der Waals surface area contributed by atoms with Gasteiger partial charge in [0.1, 0.15) is 6.04 Å². The van der Waals surface area contributed by atoms with Gasteiger partial charge in [0.15, 0.2) is 0 Å². The van der Waals surface area contributed by atoms with E-state index in [1.165, 1.54) is 24.8 Å². The Morgan fingerprint density at radius 3 is 2.38 bits per heavy atom.